The summed E-state index contributed by atoms with van der Waals surface area (Å²) in [5.74, 6) is -0.255. The fraction of sp³-hybridized carbons (Fsp3) is 0.320. The van der Waals surface area contributed by atoms with Crippen LogP contribution >= 0.6 is 11.6 Å². The molecule has 7 heteroatoms. The molecular weight excluding hydrogens is 426 g/mol. The van der Waals surface area contributed by atoms with E-state index in [1.165, 1.54) is 4.57 Å². The molecule has 1 saturated carbocycles. The topological polar surface area (TPSA) is 80.2 Å². The van der Waals surface area contributed by atoms with Crippen molar-refractivity contribution < 1.29 is 9.59 Å². The Balaban J connectivity index is 1.58. The summed E-state index contributed by atoms with van der Waals surface area (Å²) >= 11 is 5.94. The largest absolute Gasteiger partial charge is 0.351 e. The monoisotopic (exact) mass is 451 g/mol. The van der Waals surface area contributed by atoms with E-state index < -0.39 is 12.0 Å². The lowest BCUT2D eigenvalue weighted by Crippen LogP contribution is -2.37. The Labute approximate surface area is 191 Å². The third kappa shape index (κ3) is 4.41. The molecule has 1 aliphatic rings. The number of rotatable bonds is 6. The molecule has 4 atom stereocenters. The van der Waals surface area contributed by atoms with E-state index in [1.54, 1.807) is 49.5 Å². The number of nitrogens with one attached hydrogen (secondary N) is 2. The maximum Gasteiger partial charge on any atom is 0.259 e. The van der Waals surface area contributed by atoms with E-state index in [-0.39, 0.29) is 23.4 Å². The molecule has 1 aliphatic carbocycles. The molecule has 6 nitrogen and oxygen atoms in total. The highest BCUT2D eigenvalue weighted by Crippen LogP contribution is 2.29. The Bertz CT molecular complexity index is 1240. The lowest BCUT2D eigenvalue weighted by molar-refractivity contribution is -0.124. The summed E-state index contributed by atoms with van der Waals surface area (Å²) in [6.07, 6.45) is 2.59. The predicted molar refractivity (Wildman–Crippen MR) is 127 cm³/mol. The van der Waals surface area contributed by atoms with Crippen molar-refractivity contribution in [3.8, 4) is 0 Å². The Hall–Kier alpha value is -3.12. The van der Waals surface area contributed by atoms with Crippen LogP contribution in [0.4, 0.5) is 5.69 Å². The Morgan fingerprint density at radius 1 is 1.03 bits per heavy atom. The standard InChI is InChI=1S/C25H26ClN3O3/c1-14-13-22(14)28-24(31)16(3)29-12-11-19-20(25(29)32)5-4-6-21(19)27-23(30)15(2)17-7-9-18(26)10-8-17/h4-12,14-16,22H,13H2,1-3H3,(H,27,30)(H,28,31)/t14?,15-,16+,22?/m0/s1. The van der Waals surface area contributed by atoms with Gasteiger partial charge in [-0.05, 0) is 62.1 Å². The van der Waals surface area contributed by atoms with Crippen LogP contribution in [0.1, 0.15) is 44.7 Å². The highest BCUT2D eigenvalue weighted by Gasteiger charge is 2.35. The molecule has 0 aliphatic heterocycles. The van der Waals surface area contributed by atoms with Gasteiger partial charge in [-0.3, -0.25) is 14.4 Å². The molecule has 1 fully saturated rings. The molecule has 2 amide bonds. The molecule has 0 bridgehead atoms. The second kappa shape index (κ2) is 8.79. The number of halogens is 1. The van der Waals surface area contributed by atoms with Gasteiger partial charge in [-0.2, -0.15) is 0 Å². The van der Waals surface area contributed by atoms with Crippen molar-refractivity contribution in [2.24, 2.45) is 5.92 Å². The lowest BCUT2D eigenvalue weighted by Gasteiger charge is -2.17. The van der Waals surface area contributed by atoms with Gasteiger partial charge in [0.05, 0.1) is 5.92 Å². The van der Waals surface area contributed by atoms with Crippen LogP contribution in [0.15, 0.2) is 59.5 Å². The zero-order chi connectivity index (χ0) is 23.0. The number of benzene rings is 2. The summed E-state index contributed by atoms with van der Waals surface area (Å²) in [4.78, 5) is 38.5. The summed E-state index contributed by atoms with van der Waals surface area (Å²) < 4.78 is 1.44. The van der Waals surface area contributed by atoms with Gasteiger partial charge in [-0.15, -0.1) is 0 Å². The minimum Gasteiger partial charge on any atom is -0.351 e. The molecule has 0 saturated heterocycles. The molecule has 3 aromatic rings. The van der Waals surface area contributed by atoms with Gasteiger partial charge < -0.3 is 15.2 Å². The molecule has 1 aromatic heterocycles. The highest BCUT2D eigenvalue weighted by molar-refractivity contribution is 6.30. The van der Waals surface area contributed by atoms with Crippen molar-refractivity contribution in [1.29, 1.82) is 0 Å². The van der Waals surface area contributed by atoms with Crippen LogP contribution in [0.2, 0.25) is 5.02 Å². The van der Waals surface area contributed by atoms with Gasteiger partial charge in [0.25, 0.3) is 5.56 Å². The third-order valence-electron chi connectivity index (χ3n) is 6.23. The van der Waals surface area contributed by atoms with E-state index >= 15 is 0 Å². The van der Waals surface area contributed by atoms with E-state index in [0.717, 1.165) is 12.0 Å². The normalized spacial score (nSPS) is 19.2. The van der Waals surface area contributed by atoms with Gasteiger partial charge in [-0.1, -0.05) is 36.7 Å². The number of carbonyl (C=O) groups excluding carboxylic acids is 2. The van der Waals surface area contributed by atoms with E-state index in [1.807, 2.05) is 19.1 Å². The predicted octanol–water partition coefficient (Wildman–Crippen LogP) is 4.48. The number of aromatic nitrogens is 1. The zero-order valence-electron chi connectivity index (χ0n) is 18.3. The van der Waals surface area contributed by atoms with E-state index in [2.05, 4.69) is 17.6 Å². The number of amides is 2. The molecule has 0 spiro atoms. The van der Waals surface area contributed by atoms with Crippen LogP contribution in [-0.4, -0.2) is 22.4 Å². The quantitative estimate of drug-likeness (QED) is 0.579. The first-order chi connectivity index (χ1) is 15.3. The Morgan fingerprint density at radius 3 is 2.38 bits per heavy atom. The number of fused-ring (bicyclic) bond motifs is 1. The number of nitrogens with zero attached hydrogens (tertiary/aromatic N) is 1. The number of hydrogen-bond acceptors (Lipinski definition) is 3. The fourth-order valence-electron chi connectivity index (χ4n) is 3.80. The van der Waals surface area contributed by atoms with Crippen LogP contribution < -0.4 is 16.2 Å². The maximum atomic E-state index is 13.1. The van der Waals surface area contributed by atoms with E-state index in [4.69, 9.17) is 11.6 Å². The Morgan fingerprint density at radius 2 is 1.72 bits per heavy atom. The Kier molecular flexibility index (Phi) is 6.07. The SMILES string of the molecule is CC1CC1NC(=O)[C@@H](C)n1ccc2c(NC(=O)[C@@H](C)c3ccc(Cl)cc3)cccc2c1=O. The molecule has 32 heavy (non-hydrogen) atoms. The molecule has 166 valence electrons. The summed E-state index contributed by atoms with van der Waals surface area (Å²) in [6.45, 7) is 5.62. The van der Waals surface area contributed by atoms with Crippen LogP contribution in [0, 0.1) is 5.92 Å². The van der Waals surface area contributed by atoms with Gasteiger partial charge in [0.15, 0.2) is 0 Å². The van der Waals surface area contributed by atoms with Crippen molar-refractivity contribution in [1.82, 2.24) is 9.88 Å². The molecule has 2 N–H and O–H groups in total. The lowest BCUT2D eigenvalue weighted by atomic mass is 10.00. The van der Waals surface area contributed by atoms with Crippen molar-refractivity contribution in [2.75, 3.05) is 5.32 Å². The van der Waals surface area contributed by atoms with Crippen molar-refractivity contribution in [3.63, 3.8) is 0 Å². The van der Waals surface area contributed by atoms with Gasteiger partial charge in [0.2, 0.25) is 11.8 Å². The van der Waals surface area contributed by atoms with Crippen LogP contribution in [0.3, 0.4) is 0 Å². The smallest absolute Gasteiger partial charge is 0.259 e. The van der Waals surface area contributed by atoms with Gasteiger partial charge in [0.1, 0.15) is 6.04 Å². The molecule has 2 aromatic carbocycles. The zero-order valence-corrected chi connectivity index (χ0v) is 19.0. The molecule has 1 heterocycles. The second-order valence-electron chi connectivity index (χ2n) is 8.56. The van der Waals surface area contributed by atoms with Crippen molar-refractivity contribution >= 4 is 39.9 Å². The van der Waals surface area contributed by atoms with Gasteiger partial charge in [-0.25, -0.2) is 0 Å². The summed E-state index contributed by atoms with van der Waals surface area (Å²) in [5, 5.41) is 7.61. The minimum absolute atomic E-state index is 0.165. The molecule has 4 rings (SSSR count). The fourth-order valence-corrected chi connectivity index (χ4v) is 3.93. The van der Waals surface area contributed by atoms with Crippen molar-refractivity contribution in [3.05, 3.63) is 75.7 Å². The first-order valence-electron chi connectivity index (χ1n) is 10.8. The van der Waals surface area contributed by atoms with Gasteiger partial charge in [0, 0.05) is 33.7 Å². The third-order valence-corrected chi connectivity index (χ3v) is 6.48. The highest BCUT2D eigenvalue weighted by atomic mass is 35.5. The first-order valence-corrected chi connectivity index (χ1v) is 11.1. The number of carbonyl (C=O) groups is 2. The summed E-state index contributed by atoms with van der Waals surface area (Å²) in [5.41, 5.74) is 1.14. The van der Waals surface area contributed by atoms with Crippen LogP contribution in [0.5, 0.6) is 0 Å². The molecule has 2 unspecified atom stereocenters. The number of anilines is 1. The minimum atomic E-state index is -0.622. The molecular formula is C25H26ClN3O3. The van der Waals surface area contributed by atoms with E-state index in [0.29, 0.717) is 27.4 Å². The first kappa shape index (κ1) is 22.1. The maximum absolute atomic E-state index is 13.1. The van der Waals surface area contributed by atoms with Crippen molar-refractivity contribution in [2.45, 2.75) is 45.2 Å². The average molecular weight is 452 g/mol. The van der Waals surface area contributed by atoms with Crippen LogP contribution in [0.25, 0.3) is 10.8 Å². The van der Waals surface area contributed by atoms with E-state index in [9.17, 15) is 14.4 Å². The molecule has 0 radical (unpaired) electrons. The average Bonchev–Trinajstić information content (AvgIpc) is 3.48. The summed E-state index contributed by atoms with van der Waals surface area (Å²) in [6, 6.07) is 13.7. The number of pyridine rings is 1. The number of hydrogen-bond donors (Lipinski definition) is 2. The second-order valence-corrected chi connectivity index (χ2v) is 9.00. The summed E-state index contributed by atoms with van der Waals surface area (Å²) in [7, 11) is 0. The van der Waals surface area contributed by atoms with Gasteiger partial charge >= 0.3 is 0 Å². The van der Waals surface area contributed by atoms with Crippen LogP contribution in [-0.2, 0) is 9.59 Å².